The van der Waals surface area contributed by atoms with Crippen molar-refractivity contribution in [3.63, 3.8) is 0 Å². The second-order valence-electron chi connectivity index (χ2n) is 7.54. The first kappa shape index (κ1) is 21.7. The van der Waals surface area contributed by atoms with Crippen molar-refractivity contribution in [2.45, 2.75) is 10.8 Å². The number of thioether (sulfide) groups is 1. The van der Waals surface area contributed by atoms with Gasteiger partial charge in [-0.1, -0.05) is 42.5 Å². The van der Waals surface area contributed by atoms with E-state index in [2.05, 4.69) is 25.5 Å². The number of nitrogens with zero attached hydrogens (tertiary/aromatic N) is 3. The third-order valence-electron chi connectivity index (χ3n) is 5.32. The highest BCUT2D eigenvalue weighted by Crippen LogP contribution is 2.32. The summed E-state index contributed by atoms with van der Waals surface area (Å²) >= 11 is 1.58. The van der Waals surface area contributed by atoms with Crippen LogP contribution in [0.3, 0.4) is 0 Å². The van der Waals surface area contributed by atoms with Gasteiger partial charge in [0.05, 0.1) is 18.7 Å². The lowest BCUT2D eigenvalue weighted by atomic mass is 10.0. The van der Waals surface area contributed by atoms with E-state index in [1.807, 2.05) is 66.7 Å². The van der Waals surface area contributed by atoms with Crippen LogP contribution in [0.5, 0.6) is 5.75 Å². The zero-order chi connectivity index (χ0) is 23.3. The summed E-state index contributed by atoms with van der Waals surface area (Å²) in [4.78, 5) is 21.5. The van der Waals surface area contributed by atoms with Crippen molar-refractivity contribution in [2.75, 3.05) is 12.4 Å². The number of hydrogen-bond acceptors (Lipinski definition) is 6. The van der Waals surface area contributed by atoms with Crippen LogP contribution in [0.1, 0.15) is 15.9 Å². The number of fused-ring (bicyclic) bond motifs is 1. The fraction of sp³-hybridized carbons (Fsp3) is 0.0769. The highest BCUT2D eigenvalue weighted by Gasteiger charge is 2.12. The minimum Gasteiger partial charge on any atom is -0.496 e. The molecule has 2 aromatic heterocycles. The van der Waals surface area contributed by atoms with Crippen molar-refractivity contribution in [3.05, 3.63) is 96.4 Å². The molecule has 2 heterocycles. The molecule has 0 spiro atoms. The topological polar surface area (TPSA) is 92.8 Å². The SMILES string of the molecule is COc1cc(NC(=O)c2cccc(CSc3ncnc4[nH]ncc34)c2)ccc1-c1ccccc1. The van der Waals surface area contributed by atoms with Crippen molar-refractivity contribution in [1.29, 1.82) is 0 Å². The summed E-state index contributed by atoms with van der Waals surface area (Å²) in [7, 11) is 1.63. The van der Waals surface area contributed by atoms with E-state index in [-0.39, 0.29) is 5.91 Å². The quantitative estimate of drug-likeness (QED) is 0.240. The van der Waals surface area contributed by atoms with Crippen LogP contribution in [0.25, 0.3) is 22.2 Å². The Balaban J connectivity index is 1.30. The van der Waals surface area contributed by atoms with Crippen LogP contribution in [0.15, 0.2) is 90.3 Å². The zero-order valence-corrected chi connectivity index (χ0v) is 19.2. The lowest BCUT2D eigenvalue weighted by molar-refractivity contribution is 0.102. The normalized spacial score (nSPS) is 10.9. The van der Waals surface area contributed by atoms with Crippen molar-refractivity contribution in [2.24, 2.45) is 0 Å². The molecule has 0 atom stereocenters. The molecule has 0 fully saturated rings. The highest BCUT2D eigenvalue weighted by atomic mass is 32.2. The Labute approximate surface area is 200 Å². The molecule has 0 unspecified atom stereocenters. The molecule has 0 aliphatic heterocycles. The number of H-pyrrole nitrogens is 1. The average molecular weight is 468 g/mol. The summed E-state index contributed by atoms with van der Waals surface area (Å²) in [5, 5.41) is 11.6. The molecule has 3 aromatic carbocycles. The number of carbonyl (C=O) groups is 1. The van der Waals surface area contributed by atoms with Gasteiger partial charge in [-0.25, -0.2) is 9.97 Å². The number of carbonyl (C=O) groups excluding carboxylic acids is 1. The summed E-state index contributed by atoms with van der Waals surface area (Å²) in [5.74, 6) is 1.18. The largest absolute Gasteiger partial charge is 0.496 e. The molecule has 168 valence electrons. The molecule has 0 aliphatic carbocycles. The first-order valence-electron chi connectivity index (χ1n) is 10.6. The van der Waals surface area contributed by atoms with E-state index < -0.39 is 0 Å². The predicted octanol–water partition coefficient (Wildman–Crippen LogP) is 5.57. The Morgan fingerprint density at radius 3 is 2.76 bits per heavy atom. The molecule has 0 saturated heterocycles. The first-order chi connectivity index (χ1) is 16.7. The van der Waals surface area contributed by atoms with Gasteiger partial charge in [-0.2, -0.15) is 5.10 Å². The van der Waals surface area contributed by atoms with Crippen LogP contribution in [-0.2, 0) is 5.75 Å². The zero-order valence-electron chi connectivity index (χ0n) is 18.4. The molecule has 5 aromatic rings. The average Bonchev–Trinajstić information content (AvgIpc) is 3.38. The standard InChI is InChI=1S/C26H21N5O2S/c1-33-23-13-20(10-11-21(23)18-7-3-2-4-8-18)30-25(32)19-9-5-6-17(12-19)15-34-26-22-14-29-31-24(22)27-16-28-26/h2-14,16H,15H2,1H3,(H,30,32)(H,27,28,29,31). The van der Waals surface area contributed by atoms with Crippen LogP contribution < -0.4 is 10.1 Å². The molecule has 0 aliphatic rings. The number of benzene rings is 3. The number of aromatic amines is 1. The van der Waals surface area contributed by atoms with Gasteiger partial charge < -0.3 is 10.1 Å². The number of methoxy groups -OCH3 is 1. The second-order valence-corrected chi connectivity index (χ2v) is 8.50. The minimum absolute atomic E-state index is 0.180. The number of ether oxygens (including phenoxy) is 1. The lowest BCUT2D eigenvalue weighted by Gasteiger charge is -2.12. The van der Waals surface area contributed by atoms with Gasteiger partial charge in [-0.3, -0.25) is 9.89 Å². The smallest absolute Gasteiger partial charge is 0.255 e. The summed E-state index contributed by atoms with van der Waals surface area (Å²) in [6.45, 7) is 0. The van der Waals surface area contributed by atoms with E-state index >= 15 is 0 Å². The molecule has 8 heteroatoms. The third kappa shape index (κ3) is 4.62. The van der Waals surface area contributed by atoms with Gasteiger partial charge in [0.25, 0.3) is 5.91 Å². The van der Waals surface area contributed by atoms with E-state index in [0.717, 1.165) is 27.1 Å². The van der Waals surface area contributed by atoms with Crippen LogP contribution in [0.4, 0.5) is 5.69 Å². The number of amides is 1. The van der Waals surface area contributed by atoms with Crippen molar-refractivity contribution in [3.8, 4) is 16.9 Å². The monoisotopic (exact) mass is 467 g/mol. The molecule has 2 N–H and O–H groups in total. The summed E-state index contributed by atoms with van der Waals surface area (Å²) in [6.07, 6.45) is 3.24. The fourth-order valence-electron chi connectivity index (χ4n) is 3.64. The van der Waals surface area contributed by atoms with E-state index in [9.17, 15) is 4.79 Å². The Hall–Kier alpha value is -4.17. The molecular weight excluding hydrogens is 446 g/mol. The van der Waals surface area contributed by atoms with Gasteiger partial charge in [-0.15, -0.1) is 11.8 Å². The Bertz CT molecular complexity index is 1450. The maximum atomic E-state index is 12.9. The van der Waals surface area contributed by atoms with Gasteiger partial charge in [0, 0.05) is 28.6 Å². The van der Waals surface area contributed by atoms with Gasteiger partial charge in [-0.05, 0) is 35.4 Å². The summed E-state index contributed by atoms with van der Waals surface area (Å²) in [5.41, 5.74) is 5.00. The molecule has 34 heavy (non-hydrogen) atoms. The Morgan fingerprint density at radius 1 is 1.03 bits per heavy atom. The van der Waals surface area contributed by atoms with E-state index in [4.69, 9.17) is 4.74 Å². The predicted molar refractivity (Wildman–Crippen MR) is 134 cm³/mol. The fourth-order valence-corrected chi connectivity index (χ4v) is 4.55. The maximum absolute atomic E-state index is 12.9. The summed E-state index contributed by atoms with van der Waals surface area (Å²) in [6, 6.07) is 23.3. The van der Waals surface area contributed by atoms with Gasteiger partial charge in [0.2, 0.25) is 0 Å². The van der Waals surface area contributed by atoms with Crippen LogP contribution in [0, 0.1) is 0 Å². The van der Waals surface area contributed by atoms with Gasteiger partial charge in [0.15, 0.2) is 5.65 Å². The number of anilines is 1. The molecule has 7 nitrogen and oxygen atoms in total. The number of hydrogen-bond donors (Lipinski definition) is 2. The molecule has 0 radical (unpaired) electrons. The molecule has 1 amide bonds. The first-order valence-corrected chi connectivity index (χ1v) is 11.6. The van der Waals surface area contributed by atoms with E-state index in [0.29, 0.717) is 28.4 Å². The third-order valence-corrected chi connectivity index (χ3v) is 6.40. The van der Waals surface area contributed by atoms with Crippen molar-refractivity contribution >= 4 is 34.4 Å². The van der Waals surface area contributed by atoms with Crippen LogP contribution in [-0.4, -0.2) is 33.2 Å². The number of aromatic nitrogens is 4. The maximum Gasteiger partial charge on any atom is 0.255 e. The van der Waals surface area contributed by atoms with Crippen molar-refractivity contribution in [1.82, 2.24) is 20.2 Å². The number of rotatable bonds is 7. The van der Waals surface area contributed by atoms with Gasteiger partial charge in [0.1, 0.15) is 17.1 Å². The van der Waals surface area contributed by atoms with E-state index in [1.165, 1.54) is 6.33 Å². The minimum atomic E-state index is -0.180. The second kappa shape index (κ2) is 9.76. The summed E-state index contributed by atoms with van der Waals surface area (Å²) < 4.78 is 5.57. The van der Waals surface area contributed by atoms with Crippen molar-refractivity contribution < 1.29 is 9.53 Å². The Kier molecular flexibility index (Phi) is 6.22. The Morgan fingerprint density at radius 2 is 1.91 bits per heavy atom. The lowest BCUT2D eigenvalue weighted by Crippen LogP contribution is -2.12. The van der Waals surface area contributed by atoms with Gasteiger partial charge >= 0.3 is 0 Å². The molecule has 0 saturated carbocycles. The molecule has 5 rings (SSSR count). The molecular formula is C26H21N5O2S. The van der Waals surface area contributed by atoms with Crippen LogP contribution >= 0.6 is 11.8 Å². The number of nitrogens with one attached hydrogen (secondary N) is 2. The van der Waals surface area contributed by atoms with E-state index in [1.54, 1.807) is 31.1 Å². The van der Waals surface area contributed by atoms with Crippen LogP contribution in [0.2, 0.25) is 0 Å². The highest BCUT2D eigenvalue weighted by molar-refractivity contribution is 7.98. The molecule has 0 bridgehead atoms.